The van der Waals surface area contributed by atoms with Crippen molar-refractivity contribution in [1.29, 1.82) is 0 Å². The molecule has 1 N–H and O–H groups in total. The average Bonchev–Trinajstić information content (AvgIpc) is 2.94. The Bertz CT molecular complexity index is 235. The number of hydrogen-bond acceptors (Lipinski definition) is 3. The van der Waals surface area contributed by atoms with Crippen molar-refractivity contribution in [3.63, 3.8) is 0 Å². The minimum Gasteiger partial charge on any atom is -0.362 e. The zero-order chi connectivity index (χ0) is 10.1. The van der Waals surface area contributed by atoms with Gasteiger partial charge < -0.3 is 5.32 Å². The van der Waals surface area contributed by atoms with Crippen LogP contribution in [0, 0.1) is 11.8 Å². The van der Waals surface area contributed by atoms with Gasteiger partial charge in [0.2, 0.25) is 0 Å². The maximum absolute atomic E-state index is 4.68. The second kappa shape index (κ2) is 4.13. The first-order chi connectivity index (χ1) is 6.66. The van der Waals surface area contributed by atoms with Crippen molar-refractivity contribution in [2.45, 2.75) is 45.7 Å². The minimum atomic E-state index is 0.491. The van der Waals surface area contributed by atoms with Crippen molar-refractivity contribution >= 4 is 16.9 Å². The summed E-state index contributed by atoms with van der Waals surface area (Å²) in [5.74, 6) is 2.85. The summed E-state index contributed by atoms with van der Waals surface area (Å²) in [5, 5.41) is 4.72. The lowest BCUT2D eigenvalue weighted by Gasteiger charge is -2.25. The van der Waals surface area contributed by atoms with E-state index in [1.807, 2.05) is 11.8 Å². The van der Waals surface area contributed by atoms with Crippen LogP contribution < -0.4 is 5.32 Å². The lowest BCUT2D eigenvalue weighted by Crippen LogP contribution is -2.36. The summed E-state index contributed by atoms with van der Waals surface area (Å²) in [6.45, 7) is 6.78. The Morgan fingerprint density at radius 3 is 2.71 bits per heavy atom. The molecule has 1 aliphatic heterocycles. The van der Waals surface area contributed by atoms with Crippen LogP contribution in [-0.4, -0.2) is 23.0 Å². The average molecular weight is 212 g/mol. The number of rotatable bonds is 2. The van der Waals surface area contributed by atoms with Crippen LogP contribution in [0.5, 0.6) is 0 Å². The van der Waals surface area contributed by atoms with Crippen molar-refractivity contribution in [2.75, 3.05) is 5.75 Å². The van der Waals surface area contributed by atoms with Gasteiger partial charge in [-0.3, -0.25) is 4.99 Å². The maximum Gasteiger partial charge on any atom is 0.157 e. The van der Waals surface area contributed by atoms with E-state index in [1.165, 1.54) is 23.8 Å². The van der Waals surface area contributed by atoms with Gasteiger partial charge in [-0.1, -0.05) is 18.7 Å². The van der Waals surface area contributed by atoms with Crippen LogP contribution in [0.4, 0.5) is 0 Å². The number of amidine groups is 1. The molecule has 2 aliphatic rings. The number of nitrogens with one attached hydrogen (secondary N) is 1. The van der Waals surface area contributed by atoms with Crippen molar-refractivity contribution in [2.24, 2.45) is 16.8 Å². The zero-order valence-corrected chi connectivity index (χ0v) is 10.1. The Morgan fingerprint density at radius 2 is 2.14 bits per heavy atom. The van der Waals surface area contributed by atoms with Crippen LogP contribution in [0.3, 0.4) is 0 Å². The first-order valence-corrected chi connectivity index (χ1v) is 6.62. The fourth-order valence-corrected chi connectivity index (χ4v) is 2.90. The van der Waals surface area contributed by atoms with E-state index in [0.29, 0.717) is 12.1 Å². The molecule has 0 saturated heterocycles. The summed E-state index contributed by atoms with van der Waals surface area (Å²) in [6.07, 6.45) is 2.80. The lowest BCUT2D eigenvalue weighted by molar-refractivity contribution is 0.526. The molecular weight excluding hydrogens is 192 g/mol. The maximum atomic E-state index is 4.68. The Morgan fingerprint density at radius 1 is 1.43 bits per heavy atom. The standard InChI is InChI=1S/C11H20N2S/c1-7-6-14-11(12-8(7)2)13-9(3)10-4-5-10/h7-10H,4-6H2,1-3H3,(H,12,13). The van der Waals surface area contributed by atoms with Gasteiger partial charge in [0.25, 0.3) is 0 Å². The molecule has 2 rings (SSSR count). The first kappa shape index (κ1) is 10.3. The van der Waals surface area contributed by atoms with E-state index in [9.17, 15) is 0 Å². The third-order valence-electron chi connectivity index (χ3n) is 3.31. The molecule has 0 aromatic carbocycles. The van der Waals surface area contributed by atoms with Gasteiger partial charge in [0, 0.05) is 11.8 Å². The predicted molar refractivity (Wildman–Crippen MR) is 63.8 cm³/mol. The molecule has 1 fully saturated rings. The highest BCUT2D eigenvalue weighted by Crippen LogP contribution is 2.33. The third kappa shape index (κ3) is 2.44. The molecular formula is C11H20N2S. The van der Waals surface area contributed by atoms with Crippen LogP contribution in [0.2, 0.25) is 0 Å². The van der Waals surface area contributed by atoms with Crippen molar-refractivity contribution in [3.05, 3.63) is 0 Å². The van der Waals surface area contributed by atoms with Gasteiger partial charge in [-0.05, 0) is 38.5 Å². The van der Waals surface area contributed by atoms with E-state index in [2.05, 4.69) is 31.1 Å². The van der Waals surface area contributed by atoms with Crippen molar-refractivity contribution < 1.29 is 0 Å². The Kier molecular flexibility index (Phi) is 3.05. The normalized spacial score (nSPS) is 34.9. The van der Waals surface area contributed by atoms with Crippen molar-refractivity contribution in [1.82, 2.24) is 5.32 Å². The summed E-state index contributed by atoms with van der Waals surface area (Å²) >= 11 is 1.89. The van der Waals surface area contributed by atoms with Crippen LogP contribution in [0.1, 0.15) is 33.6 Å². The molecule has 3 atom stereocenters. The third-order valence-corrected chi connectivity index (χ3v) is 4.50. The van der Waals surface area contributed by atoms with Crippen molar-refractivity contribution in [3.8, 4) is 0 Å². The number of hydrogen-bond donors (Lipinski definition) is 1. The Hall–Kier alpha value is -0.180. The molecule has 14 heavy (non-hydrogen) atoms. The van der Waals surface area contributed by atoms with Crippen LogP contribution in [-0.2, 0) is 0 Å². The quantitative estimate of drug-likeness (QED) is 0.760. The monoisotopic (exact) mass is 212 g/mol. The molecule has 0 spiro atoms. The minimum absolute atomic E-state index is 0.491. The number of nitrogens with zero attached hydrogens (tertiary/aromatic N) is 1. The lowest BCUT2D eigenvalue weighted by atomic mass is 10.1. The first-order valence-electron chi connectivity index (χ1n) is 5.64. The van der Waals surface area contributed by atoms with Gasteiger partial charge in [0.15, 0.2) is 5.17 Å². The van der Waals surface area contributed by atoms with Gasteiger partial charge in [-0.15, -0.1) is 0 Å². The molecule has 0 amide bonds. The molecule has 1 aliphatic carbocycles. The SMILES string of the molecule is CC1CSC(NC(C)C2CC2)=NC1C. The van der Waals surface area contributed by atoms with E-state index < -0.39 is 0 Å². The summed E-state index contributed by atoms with van der Waals surface area (Å²) < 4.78 is 0. The highest BCUT2D eigenvalue weighted by molar-refractivity contribution is 8.13. The number of thioether (sulfide) groups is 1. The molecule has 3 unspecified atom stereocenters. The molecule has 1 saturated carbocycles. The summed E-state index contributed by atoms with van der Waals surface area (Å²) in [5.41, 5.74) is 0. The van der Waals surface area contributed by atoms with Gasteiger partial charge in [0.1, 0.15) is 0 Å². The highest BCUT2D eigenvalue weighted by Gasteiger charge is 2.29. The summed E-state index contributed by atoms with van der Waals surface area (Å²) in [4.78, 5) is 4.68. The molecule has 0 aromatic heterocycles. The van der Waals surface area contributed by atoms with Gasteiger partial charge >= 0.3 is 0 Å². The van der Waals surface area contributed by atoms with E-state index in [0.717, 1.165) is 11.8 Å². The molecule has 0 bridgehead atoms. The van der Waals surface area contributed by atoms with E-state index in [-0.39, 0.29) is 0 Å². The van der Waals surface area contributed by atoms with Crippen LogP contribution in [0.25, 0.3) is 0 Å². The van der Waals surface area contributed by atoms with E-state index >= 15 is 0 Å². The predicted octanol–water partition coefficient (Wildman–Crippen LogP) is 2.50. The van der Waals surface area contributed by atoms with Crippen LogP contribution in [0.15, 0.2) is 4.99 Å². The largest absolute Gasteiger partial charge is 0.362 e. The molecule has 3 heteroatoms. The molecule has 1 heterocycles. The molecule has 0 radical (unpaired) electrons. The van der Waals surface area contributed by atoms with Gasteiger partial charge in [-0.2, -0.15) is 0 Å². The molecule has 2 nitrogen and oxygen atoms in total. The van der Waals surface area contributed by atoms with E-state index in [1.54, 1.807) is 0 Å². The summed E-state index contributed by atoms with van der Waals surface area (Å²) in [7, 11) is 0. The van der Waals surface area contributed by atoms with Gasteiger partial charge in [-0.25, -0.2) is 0 Å². The molecule has 0 aromatic rings. The Labute approximate surface area is 90.9 Å². The fourth-order valence-electron chi connectivity index (χ4n) is 1.69. The fraction of sp³-hybridized carbons (Fsp3) is 0.909. The topological polar surface area (TPSA) is 24.4 Å². The summed E-state index contributed by atoms with van der Waals surface area (Å²) in [6, 6.07) is 1.12. The number of aliphatic imine (C=N–C) groups is 1. The smallest absolute Gasteiger partial charge is 0.157 e. The second-order valence-corrected chi connectivity index (χ2v) is 5.74. The van der Waals surface area contributed by atoms with E-state index in [4.69, 9.17) is 0 Å². The zero-order valence-electron chi connectivity index (χ0n) is 9.29. The highest BCUT2D eigenvalue weighted by atomic mass is 32.2. The Balaban J connectivity index is 1.87. The van der Waals surface area contributed by atoms with Crippen LogP contribution >= 0.6 is 11.8 Å². The second-order valence-electron chi connectivity index (χ2n) is 4.73. The molecule has 80 valence electrons. The van der Waals surface area contributed by atoms with Gasteiger partial charge in [0.05, 0.1) is 6.04 Å².